The Kier molecular flexibility index (Phi) is 4.89. The third kappa shape index (κ3) is 3.51. The molecule has 0 bridgehead atoms. The molecule has 0 unspecified atom stereocenters. The summed E-state index contributed by atoms with van der Waals surface area (Å²) < 4.78 is 0. The van der Waals surface area contributed by atoms with E-state index in [0.717, 1.165) is 28.1 Å². The molecule has 138 valence electrons. The number of halogens is 1. The van der Waals surface area contributed by atoms with Crippen LogP contribution in [-0.4, -0.2) is 5.91 Å². The van der Waals surface area contributed by atoms with Crippen molar-refractivity contribution in [2.24, 2.45) is 0 Å². The Morgan fingerprint density at radius 2 is 1.61 bits per heavy atom. The molecule has 1 aliphatic rings. The summed E-state index contributed by atoms with van der Waals surface area (Å²) in [4.78, 5) is 15.2. The lowest BCUT2D eigenvalue weighted by molar-refractivity contribution is -0.113. The molecule has 0 aliphatic carbocycles. The van der Waals surface area contributed by atoms with Gasteiger partial charge in [-0.1, -0.05) is 71.8 Å². The van der Waals surface area contributed by atoms with E-state index in [4.69, 9.17) is 11.6 Å². The Balaban J connectivity index is 1.85. The van der Waals surface area contributed by atoms with Crippen molar-refractivity contribution in [3.05, 3.63) is 112 Å². The number of nitrogens with zero attached hydrogens (tertiary/aromatic N) is 1. The van der Waals surface area contributed by atoms with Gasteiger partial charge < -0.3 is 0 Å². The molecule has 3 heteroatoms. The molecule has 0 aromatic heterocycles. The molecule has 0 radical (unpaired) electrons. The predicted octanol–water partition coefficient (Wildman–Crippen LogP) is 6.43. The summed E-state index contributed by atoms with van der Waals surface area (Å²) in [6, 6.07) is 23.6. The zero-order valence-electron chi connectivity index (χ0n) is 15.8. The zero-order valence-corrected chi connectivity index (χ0v) is 16.6. The third-order valence-corrected chi connectivity index (χ3v) is 5.09. The number of benzene rings is 3. The molecular weight excluding hydrogens is 366 g/mol. The highest BCUT2D eigenvalue weighted by molar-refractivity contribution is 6.30. The monoisotopic (exact) mass is 385 g/mol. The predicted molar refractivity (Wildman–Crippen MR) is 117 cm³/mol. The van der Waals surface area contributed by atoms with E-state index in [9.17, 15) is 4.79 Å². The number of anilines is 1. The van der Waals surface area contributed by atoms with Crippen LogP contribution in [0, 0.1) is 13.8 Å². The second kappa shape index (κ2) is 7.49. The van der Waals surface area contributed by atoms with Gasteiger partial charge in [-0.2, -0.15) is 0 Å². The first-order valence-corrected chi connectivity index (χ1v) is 9.57. The van der Waals surface area contributed by atoms with E-state index < -0.39 is 0 Å². The first-order valence-electron chi connectivity index (χ1n) is 9.19. The Bertz CT molecular complexity index is 1100. The minimum atomic E-state index is -0.0271. The molecule has 0 saturated heterocycles. The molecule has 28 heavy (non-hydrogen) atoms. The summed E-state index contributed by atoms with van der Waals surface area (Å²) in [6.45, 7) is 4.09. The van der Waals surface area contributed by atoms with Crippen LogP contribution in [0.5, 0.6) is 0 Å². The highest BCUT2D eigenvalue weighted by Crippen LogP contribution is 2.37. The van der Waals surface area contributed by atoms with Crippen molar-refractivity contribution in [1.82, 2.24) is 0 Å². The number of amides is 1. The van der Waals surface area contributed by atoms with Crippen molar-refractivity contribution in [2.75, 3.05) is 4.90 Å². The van der Waals surface area contributed by atoms with Crippen molar-refractivity contribution in [3.8, 4) is 0 Å². The maximum Gasteiger partial charge on any atom is 0.262 e. The molecule has 2 nitrogen and oxygen atoms in total. The van der Waals surface area contributed by atoms with Crippen LogP contribution < -0.4 is 4.90 Å². The highest BCUT2D eigenvalue weighted by Gasteiger charge is 2.31. The molecule has 1 aliphatic heterocycles. The van der Waals surface area contributed by atoms with Gasteiger partial charge in [-0.3, -0.25) is 9.69 Å². The van der Waals surface area contributed by atoms with Crippen LogP contribution in [0.3, 0.4) is 0 Å². The maximum atomic E-state index is 13.4. The molecule has 3 aromatic rings. The Hall–Kier alpha value is -3.10. The summed E-state index contributed by atoms with van der Waals surface area (Å²) in [5.74, 6) is -0.0271. The Morgan fingerprint density at radius 1 is 0.893 bits per heavy atom. The lowest BCUT2D eigenvalue weighted by atomic mass is 10.1. The third-order valence-electron chi connectivity index (χ3n) is 4.84. The van der Waals surface area contributed by atoms with Crippen molar-refractivity contribution in [2.45, 2.75) is 13.8 Å². The molecule has 0 saturated carbocycles. The summed E-state index contributed by atoms with van der Waals surface area (Å²) in [5.41, 5.74) is 6.61. The van der Waals surface area contributed by atoms with Crippen molar-refractivity contribution in [1.29, 1.82) is 0 Å². The first kappa shape index (κ1) is 18.3. The van der Waals surface area contributed by atoms with E-state index >= 15 is 0 Å². The average Bonchev–Trinajstić information content (AvgIpc) is 3.00. The topological polar surface area (TPSA) is 20.3 Å². The van der Waals surface area contributed by atoms with Crippen LogP contribution in [0.15, 0.2) is 84.4 Å². The van der Waals surface area contributed by atoms with Crippen LogP contribution in [0.4, 0.5) is 5.69 Å². The largest absolute Gasteiger partial charge is 0.276 e. The number of aryl methyl sites for hydroxylation is 2. The summed E-state index contributed by atoms with van der Waals surface area (Å²) in [5, 5.41) is 0.673. The van der Waals surface area contributed by atoms with E-state index in [1.165, 1.54) is 5.56 Å². The maximum absolute atomic E-state index is 13.4. The van der Waals surface area contributed by atoms with E-state index in [-0.39, 0.29) is 5.91 Å². The van der Waals surface area contributed by atoms with Gasteiger partial charge in [-0.15, -0.1) is 0 Å². The van der Waals surface area contributed by atoms with Gasteiger partial charge >= 0.3 is 0 Å². The number of rotatable bonds is 3. The van der Waals surface area contributed by atoms with Crippen LogP contribution >= 0.6 is 11.6 Å². The number of carbonyl (C=O) groups is 1. The zero-order chi connectivity index (χ0) is 19.7. The van der Waals surface area contributed by atoms with Gasteiger partial charge in [0.15, 0.2) is 0 Å². The van der Waals surface area contributed by atoms with Gasteiger partial charge in [-0.05, 0) is 60.9 Å². The van der Waals surface area contributed by atoms with Gasteiger partial charge in [-0.25, -0.2) is 0 Å². The second-order valence-electron chi connectivity index (χ2n) is 6.98. The normalized spacial score (nSPS) is 15.2. The average molecular weight is 386 g/mol. The lowest BCUT2D eigenvalue weighted by Gasteiger charge is -2.23. The van der Waals surface area contributed by atoms with E-state index in [2.05, 4.69) is 13.0 Å². The molecule has 0 fully saturated rings. The SMILES string of the molecule is Cc1ccc(N2C(=O)/C(=C/c3ccccc3)C=C2c2ccc(Cl)cc2)c(C)c1. The standard InChI is InChI=1S/C25H20ClNO/c1-17-8-13-23(18(2)14-17)27-24(20-9-11-22(26)12-10-20)16-21(25(27)28)15-19-6-4-3-5-7-19/h3-16H,1-2H3/b21-15+. The summed E-state index contributed by atoms with van der Waals surface area (Å²) in [7, 11) is 0. The minimum Gasteiger partial charge on any atom is -0.276 e. The molecule has 4 rings (SSSR count). The molecule has 1 amide bonds. The molecule has 3 aromatic carbocycles. The molecule has 0 N–H and O–H groups in total. The molecule has 0 atom stereocenters. The number of hydrogen-bond acceptors (Lipinski definition) is 1. The molecular formula is C25H20ClNO. The van der Waals surface area contributed by atoms with Crippen LogP contribution in [0.25, 0.3) is 11.8 Å². The van der Waals surface area contributed by atoms with Crippen LogP contribution in [-0.2, 0) is 4.79 Å². The van der Waals surface area contributed by atoms with Gasteiger partial charge in [0.25, 0.3) is 5.91 Å². The van der Waals surface area contributed by atoms with Crippen molar-refractivity contribution in [3.63, 3.8) is 0 Å². The minimum absolute atomic E-state index is 0.0271. The Morgan fingerprint density at radius 3 is 2.29 bits per heavy atom. The number of carbonyl (C=O) groups excluding carboxylic acids is 1. The fourth-order valence-electron chi connectivity index (χ4n) is 3.47. The highest BCUT2D eigenvalue weighted by atomic mass is 35.5. The van der Waals surface area contributed by atoms with Crippen molar-refractivity contribution >= 4 is 35.0 Å². The van der Waals surface area contributed by atoms with Crippen molar-refractivity contribution < 1.29 is 4.79 Å². The fraction of sp³-hybridized carbons (Fsp3) is 0.0800. The van der Waals surface area contributed by atoms with Crippen LogP contribution in [0.2, 0.25) is 5.02 Å². The van der Waals surface area contributed by atoms with E-state index in [1.807, 2.05) is 85.8 Å². The Labute approximate surface area is 170 Å². The summed E-state index contributed by atoms with van der Waals surface area (Å²) in [6.07, 6.45) is 3.89. The van der Waals surface area contributed by atoms with Gasteiger partial charge in [0.05, 0.1) is 11.4 Å². The number of hydrogen-bond donors (Lipinski definition) is 0. The van der Waals surface area contributed by atoms with Gasteiger partial charge in [0.2, 0.25) is 0 Å². The van der Waals surface area contributed by atoms with Gasteiger partial charge in [0, 0.05) is 10.6 Å². The lowest BCUT2D eigenvalue weighted by Crippen LogP contribution is -2.25. The fourth-order valence-corrected chi connectivity index (χ4v) is 3.60. The molecule has 1 heterocycles. The van der Waals surface area contributed by atoms with Gasteiger partial charge in [0.1, 0.15) is 0 Å². The molecule has 0 spiro atoms. The smallest absolute Gasteiger partial charge is 0.262 e. The first-order chi connectivity index (χ1) is 13.5. The van der Waals surface area contributed by atoms with Crippen LogP contribution in [0.1, 0.15) is 22.3 Å². The second-order valence-corrected chi connectivity index (χ2v) is 7.41. The van der Waals surface area contributed by atoms with E-state index in [1.54, 1.807) is 4.90 Å². The summed E-state index contributed by atoms with van der Waals surface area (Å²) >= 11 is 6.07. The quantitative estimate of drug-likeness (QED) is 0.476. The van der Waals surface area contributed by atoms with E-state index in [0.29, 0.717) is 10.6 Å².